The number of nitro groups is 1. The average Bonchev–Trinajstić information content (AvgIpc) is 0.852. The summed E-state index contributed by atoms with van der Waals surface area (Å²) < 4.78 is 210. The predicted octanol–water partition coefficient (Wildman–Crippen LogP) is 8.20. The highest BCUT2D eigenvalue weighted by molar-refractivity contribution is 7.94. The highest BCUT2D eigenvalue weighted by Crippen LogP contribution is 2.39. The zero-order valence-electron chi connectivity index (χ0n) is 49.6. The van der Waals surface area contributed by atoms with E-state index in [0.717, 1.165) is 36.4 Å². The number of nitro benzene ring substituents is 1. The second-order valence-corrected chi connectivity index (χ2v) is 25.6. The third-order valence-electron chi connectivity index (χ3n) is 9.76. The lowest BCUT2D eigenvalue weighted by atomic mass is 10.1. The number of carboxylic acid groups (broad SMARTS) is 2. The minimum atomic E-state index is -4.71. The lowest BCUT2D eigenvalue weighted by molar-refractivity contribution is -0.385. The number of hydrogen-bond acceptors (Lipinski definition) is 23. The molecule has 96 heavy (non-hydrogen) atoms. The van der Waals surface area contributed by atoms with E-state index >= 15 is 0 Å². The van der Waals surface area contributed by atoms with Crippen molar-refractivity contribution in [2.75, 3.05) is 55.9 Å². The number of anilines is 2. The molecule has 46 heteroatoms. The first-order valence-electron chi connectivity index (χ1n) is 25.4. The van der Waals surface area contributed by atoms with E-state index < -0.39 is 146 Å². The summed E-state index contributed by atoms with van der Waals surface area (Å²) in [6.07, 6.45) is -4.84. The smallest absolute Gasteiger partial charge is 0.416 e. The summed E-state index contributed by atoms with van der Waals surface area (Å²) >= 11 is 5.80. The minimum Gasteiger partial charge on any atom is -0.778 e. The van der Waals surface area contributed by atoms with Crippen molar-refractivity contribution in [1.82, 2.24) is 39.7 Å². The molecule has 0 aliphatic rings. The Labute approximate surface area is 544 Å². The molecule has 2 heterocycles. The summed E-state index contributed by atoms with van der Waals surface area (Å²) in [4.78, 5) is 89.9. The maximum Gasteiger partial charge on any atom is 0.416 e. The van der Waals surface area contributed by atoms with Crippen LogP contribution in [0.1, 0.15) is 40.7 Å². The van der Waals surface area contributed by atoms with Gasteiger partial charge in [0.15, 0.2) is 0 Å². The Hall–Kier alpha value is -9.20. The van der Waals surface area contributed by atoms with E-state index in [-0.39, 0.29) is 57.9 Å². The third kappa shape index (κ3) is 31.8. The van der Waals surface area contributed by atoms with Gasteiger partial charge in [0.25, 0.3) is 20.0 Å². The fourth-order valence-corrected chi connectivity index (χ4v) is 9.17. The van der Waals surface area contributed by atoms with Gasteiger partial charge in [-0.1, -0.05) is 41.9 Å². The van der Waals surface area contributed by atoms with Crippen LogP contribution in [0.25, 0.3) is 0 Å². The molecule has 0 saturated carbocycles. The molecule has 8 N–H and O–H groups in total. The number of carbonyl (C=O) groups excluding carboxylic acids is 2. The molecule has 31 nitrogen and oxygen atoms in total. The number of carbonyl (C=O) groups is 4. The van der Waals surface area contributed by atoms with Crippen LogP contribution < -0.4 is 54.0 Å². The predicted molar refractivity (Wildman–Crippen MR) is 316 cm³/mol. The summed E-state index contributed by atoms with van der Waals surface area (Å²) in [5, 5.41) is 33.5. The van der Waals surface area contributed by atoms with Gasteiger partial charge in [0, 0.05) is 18.6 Å². The van der Waals surface area contributed by atoms with E-state index in [1.165, 1.54) is 67.3 Å². The van der Waals surface area contributed by atoms with Gasteiger partial charge in [-0.2, -0.15) is 68.8 Å². The van der Waals surface area contributed by atoms with Crippen LogP contribution in [-0.2, 0) is 52.9 Å². The van der Waals surface area contributed by atoms with E-state index in [2.05, 4.69) is 58.5 Å². The second-order valence-electron chi connectivity index (χ2n) is 17.9. The van der Waals surface area contributed by atoms with Gasteiger partial charge in [0.1, 0.15) is 29.8 Å². The molecule has 0 bridgehead atoms. The molecule has 0 spiro atoms. The normalized spacial score (nSPS) is 11.8. The number of ether oxygens (including phenoxy) is 5. The van der Waals surface area contributed by atoms with Crippen LogP contribution in [0.4, 0.5) is 71.1 Å². The molecule has 0 radical (unpaired) electrons. The number of aliphatic carboxylic acids is 1. The van der Waals surface area contributed by atoms with Gasteiger partial charge in [0.2, 0.25) is 29.4 Å². The number of sulfonamides is 2. The van der Waals surface area contributed by atoms with Crippen LogP contribution in [-0.4, -0.2) is 151 Å². The van der Waals surface area contributed by atoms with Gasteiger partial charge in [-0.05, 0) is 79.2 Å². The standard InChI is InChI=1S/C15H11ClF3NO4.C15H16F3N5O4S.C14H10F4N4O7S.C3H8NO5P.C3H9S/c1-2-23-14-8-10(4-5-12(14)20(21)22)24-13-6-3-9(7-11(13)16)15(17,18)19;1-9-19-12(22-14(20-9)27-2)21-13(24)23-28(25,26)11-6-4-3-5-10(11)7-8-15(16,17)18;15-11(16)28-8-5-9(29-12(17)18)20-13(19-8)21-14(25)22-30(26,27)7-4-2-1-3-6(7)10(23)24;5-3(6)1-4-2-10(7,8)9;1-4(2)3/h3-8H,2H2,1H3;3-6H,7-8H2,1-2H3,(H2,19,20,21,22,23,24);1-5,11-12H,(H,23,24)(H2,19,20,21,22,25);4H,1-2H2,(H,5,6)(H2,7,8,9);1-3H3/q;;;;+1/p-1. The Balaban J connectivity index is 0.000000446. The largest absolute Gasteiger partial charge is 0.778 e. The highest BCUT2D eigenvalue weighted by atomic mass is 35.5. The molecule has 1 unspecified atom stereocenters. The molecule has 1 atom stereocenters. The van der Waals surface area contributed by atoms with Gasteiger partial charge < -0.3 is 48.2 Å². The number of alkyl halides is 10. The third-order valence-corrected chi connectivity index (χ3v) is 13.5. The van der Waals surface area contributed by atoms with Crippen molar-refractivity contribution in [3.8, 4) is 35.0 Å². The number of amides is 4. The van der Waals surface area contributed by atoms with Gasteiger partial charge in [-0.3, -0.25) is 30.9 Å². The van der Waals surface area contributed by atoms with Gasteiger partial charge in [-0.15, -0.1) is 0 Å². The zero-order chi connectivity index (χ0) is 73.1. The van der Waals surface area contributed by atoms with Crippen molar-refractivity contribution in [2.45, 2.75) is 62.1 Å². The molecule has 0 fully saturated rings. The first-order chi connectivity index (χ1) is 44.3. The zero-order valence-corrected chi connectivity index (χ0v) is 53.7. The molecule has 6 rings (SSSR count). The first-order valence-corrected chi connectivity index (χ1v) is 33.0. The summed E-state index contributed by atoms with van der Waals surface area (Å²) in [5.41, 5.74) is -1.87. The molecular formula is C50H53ClF10N11O20PS3. The fraction of sp³-hybridized carbons (Fsp3) is 0.300. The Morgan fingerprint density at radius 3 is 1.74 bits per heavy atom. The average molecular weight is 1480 g/mol. The fourth-order valence-electron chi connectivity index (χ4n) is 6.27. The Morgan fingerprint density at radius 1 is 0.750 bits per heavy atom. The van der Waals surface area contributed by atoms with Crippen LogP contribution in [0.5, 0.6) is 35.0 Å². The second kappa shape index (κ2) is 37.8. The molecule has 2 aromatic heterocycles. The first kappa shape index (κ1) is 82.9. The Morgan fingerprint density at radius 2 is 1.27 bits per heavy atom. The number of aryl methyl sites for hydroxylation is 2. The minimum absolute atomic E-state index is 0.0111. The van der Waals surface area contributed by atoms with Gasteiger partial charge in [0.05, 0.1) is 77.3 Å². The molecule has 4 aromatic carbocycles. The van der Waals surface area contributed by atoms with Crippen LogP contribution in [0, 0.1) is 17.0 Å². The monoisotopic (exact) mass is 1480 g/mol. The van der Waals surface area contributed by atoms with Crippen LogP contribution in [0.15, 0.2) is 101 Å². The van der Waals surface area contributed by atoms with E-state index in [1.807, 2.05) is 5.32 Å². The highest BCUT2D eigenvalue weighted by Gasteiger charge is 2.32. The van der Waals surface area contributed by atoms with Crippen molar-refractivity contribution < 1.29 is 133 Å². The number of carboxylic acids is 2. The maximum atomic E-state index is 12.6. The van der Waals surface area contributed by atoms with E-state index in [0.29, 0.717) is 17.0 Å². The topological polar surface area (TPSA) is 451 Å². The van der Waals surface area contributed by atoms with Crippen molar-refractivity contribution in [3.63, 3.8) is 0 Å². The van der Waals surface area contributed by atoms with Crippen molar-refractivity contribution >= 4 is 91.7 Å². The summed E-state index contributed by atoms with van der Waals surface area (Å²) in [7, 11) is -11.6. The quantitative estimate of drug-likeness (QED) is 0.00984. The molecule has 0 saturated heterocycles. The summed E-state index contributed by atoms with van der Waals surface area (Å²) in [6.45, 7) is -3.94. The van der Waals surface area contributed by atoms with Crippen molar-refractivity contribution in [2.24, 2.45) is 0 Å². The summed E-state index contributed by atoms with van der Waals surface area (Å²) in [5.74, 6) is -5.56. The number of aromatic carboxylic acids is 1. The molecular weight excluding hydrogens is 1430 g/mol. The molecule has 528 valence electrons. The number of nitrogens with zero attached hydrogens (tertiary/aromatic N) is 6. The Bertz CT molecular complexity index is 3900. The lowest BCUT2D eigenvalue weighted by Gasteiger charge is -2.14. The van der Waals surface area contributed by atoms with E-state index in [1.54, 1.807) is 17.0 Å². The van der Waals surface area contributed by atoms with E-state index in [9.17, 15) is 99.5 Å². The van der Waals surface area contributed by atoms with E-state index in [4.69, 9.17) is 40.9 Å². The van der Waals surface area contributed by atoms with Gasteiger partial charge >= 0.3 is 61.3 Å². The molecule has 0 aliphatic carbocycles. The molecule has 4 amide bonds. The molecule has 6 aromatic rings. The lowest BCUT2D eigenvalue weighted by Crippen LogP contribution is -2.35. The van der Waals surface area contributed by atoms with Gasteiger partial charge in [-0.25, -0.2) is 40.7 Å². The number of hydrogen-bond donors (Lipinski definition) is 8. The van der Waals surface area contributed by atoms with Crippen molar-refractivity contribution in [1.29, 1.82) is 0 Å². The number of halogens is 11. The number of nitrogens with one attached hydrogen (secondary N) is 5. The molecule has 0 aliphatic heterocycles. The van der Waals surface area contributed by atoms with Crippen LogP contribution in [0.3, 0.4) is 0 Å². The number of aromatic nitrogens is 5. The van der Waals surface area contributed by atoms with Crippen LogP contribution >= 0.6 is 19.2 Å². The maximum absolute atomic E-state index is 12.6. The SMILES string of the molecule is CCOc1cc(Oc2ccc(C(F)(F)F)cc2Cl)ccc1[N+](=O)[O-].COc1nc(C)nc(NC(=O)NS(=O)(=O)c2ccccc2CCC(F)(F)F)n1.C[S+](C)C.O=C(Nc1nc(OC(F)F)cc(OC(F)F)n1)NS(=O)(=O)c1ccccc1C(=O)O.O=C(O)CNCP(=O)([O-])O. The number of methoxy groups -OCH3 is 1. The Kier molecular flexibility index (Phi) is 32.6. The van der Waals surface area contributed by atoms with Crippen molar-refractivity contribution in [3.05, 3.63) is 129 Å². The number of rotatable bonds is 23. The number of benzene rings is 4. The number of urea groups is 2. The summed E-state index contributed by atoms with van der Waals surface area (Å²) in [6, 6.07) is 13.4. The van der Waals surface area contributed by atoms with Crippen LogP contribution in [0.2, 0.25) is 5.02 Å².